The lowest BCUT2D eigenvalue weighted by atomic mass is 10.0. The summed E-state index contributed by atoms with van der Waals surface area (Å²) in [6.07, 6.45) is 1.73. The molecular formula is C25H28ClN5O2S. The van der Waals surface area contributed by atoms with Crippen LogP contribution in [0.3, 0.4) is 0 Å². The summed E-state index contributed by atoms with van der Waals surface area (Å²) in [5.74, 6) is 0.367. The number of nitrogens with zero attached hydrogens (tertiary/aromatic N) is 3. The zero-order valence-corrected chi connectivity index (χ0v) is 21.0. The SMILES string of the molecule is C=CCn1c(SCC(=O)Nc2ccccc2C)nnc1[C@H](NC(=O)c1ccccc1Cl)C(C)C. The fourth-order valence-corrected chi connectivity index (χ4v) is 4.34. The number of anilines is 1. The smallest absolute Gasteiger partial charge is 0.253 e. The van der Waals surface area contributed by atoms with Crippen molar-refractivity contribution in [2.24, 2.45) is 5.92 Å². The van der Waals surface area contributed by atoms with Gasteiger partial charge in [0.25, 0.3) is 5.91 Å². The van der Waals surface area contributed by atoms with Crippen molar-refractivity contribution in [2.75, 3.05) is 11.1 Å². The second kappa shape index (κ2) is 11.9. The maximum absolute atomic E-state index is 12.9. The van der Waals surface area contributed by atoms with E-state index in [1.165, 1.54) is 11.8 Å². The van der Waals surface area contributed by atoms with Crippen molar-refractivity contribution in [3.63, 3.8) is 0 Å². The molecule has 2 aromatic carbocycles. The average molecular weight is 498 g/mol. The fraction of sp³-hybridized carbons (Fsp3) is 0.280. The third kappa shape index (κ3) is 6.27. The summed E-state index contributed by atoms with van der Waals surface area (Å²) in [5.41, 5.74) is 2.17. The van der Waals surface area contributed by atoms with Gasteiger partial charge < -0.3 is 15.2 Å². The number of carbonyl (C=O) groups excluding carboxylic acids is 2. The maximum atomic E-state index is 12.9. The van der Waals surface area contributed by atoms with Gasteiger partial charge in [0, 0.05) is 12.2 Å². The number of amides is 2. The first-order valence-electron chi connectivity index (χ1n) is 10.9. The molecule has 0 saturated heterocycles. The Morgan fingerprint density at radius 2 is 1.85 bits per heavy atom. The second-order valence-electron chi connectivity index (χ2n) is 8.07. The number of benzene rings is 2. The molecule has 0 aliphatic rings. The molecule has 0 unspecified atom stereocenters. The average Bonchev–Trinajstić information content (AvgIpc) is 3.20. The highest BCUT2D eigenvalue weighted by Crippen LogP contribution is 2.26. The third-order valence-electron chi connectivity index (χ3n) is 5.16. The van der Waals surface area contributed by atoms with Gasteiger partial charge in [0.15, 0.2) is 11.0 Å². The van der Waals surface area contributed by atoms with E-state index < -0.39 is 6.04 Å². The van der Waals surface area contributed by atoms with Crippen molar-refractivity contribution >= 4 is 40.9 Å². The summed E-state index contributed by atoms with van der Waals surface area (Å²) >= 11 is 7.49. The van der Waals surface area contributed by atoms with Gasteiger partial charge in [-0.1, -0.05) is 73.6 Å². The molecule has 9 heteroatoms. The minimum Gasteiger partial charge on any atom is -0.342 e. The van der Waals surface area contributed by atoms with Crippen molar-refractivity contribution < 1.29 is 9.59 Å². The number of aromatic nitrogens is 3. The van der Waals surface area contributed by atoms with Crippen LogP contribution < -0.4 is 10.6 Å². The Hall–Kier alpha value is -3.10. The third-order valence-corrected chi connectivity index (χ3v) is 6.45. The van der Waals surface area contributed by atoms with E-state index in [4.69, 9.17) is 11.6 Å². The van der Waals surface area contributed by atoms with E-state index in [1.807, 2.05) is 49.6 Å². The lowest BCUT2D eigenvalue weighted by molar-refractivity contribution is -0.113. The minimum atomic E-state index is -0.411. The van der Waals surface area contributed by atoms with Gasteiger partial charge >= 0.3 is 0 Å². The van der Waals surface area contributed by atoms with E-state index in [2.05, 4.69) is 27.4 Å². The summed E-state index contributed by atoms with van der Waals surface area (Å²) in [6.45, 7) is 10.2. The molecule has 178 valence electrons. The molecule has 0 fully saturated rings. The van der Waals surface area contributed by atoms with Crippen LogP contribution in [0.25, 0.3) is 0 Å². The molecule has 2 N–H and O–H groups in total. The number of aryl methyl sites for hydroxylation is 1. The van der Waals surface area contributed by atoms with Crippen molar-refractivity contribution in [3.8, 4) is 0 Å². The van der Waals surface area contributed by atoms with E-state index in [9.17, 15) is 9.59 Å². The van der Waals surface area contributed by atoms with Crippen LogP contribution in [-0.2, 0) is 11.3 Å². The second-order valence-corrected chi connectivity index (χ2v) is 9.42. The van der Waals surface area contributed by atoms with Gasteiger partial charge in [0.05, 0.1) is 22.4 Å². The Balaban J connectivity index is 1.77. The summed E-state index contributed by atoms with van der Waals surface area (Å²) in [6, 6.07) is 14.1. The van der Waals surface area contributed by atoms with Crippen LogP contribution in [0, 0.1) is 12.8 Å². The highest BCUT2D eigenvalue weighted by atomic mass is 35.5. The molecule has 1 aromatic heterocycles. The Morgan fingerprint density at radius 1 is 1.15 bits per heavy atom. The van der Waals surface area contributed by atoms with Gasteiger partial charge in [-0.25, -0.2) is 0 Å². The first-order valence-corrected chi connectivity index (χ1v) is 12.3. The Morgan fingerprint density at radius 3 is 2.53 bits per heavy atom. The largest absolute Gasteiger partial charge is 0.342 e. The van der Waals surface area contributed by atoms with Crippen LogP contribution in [-0.4, -0.2) is 32.3 Å². The van der Waals surface area contributed by atoms with Gasteiger partial charge in [-0.3, -0.25) is 9.59 Å². The summed E-state index contributed by atoms with van der Waals surface area (Å²) in [4.78, 5) is 25.4. The number of hydrogen-bond acceptors (Lipinski definition) is 5. The Labute approximate surface area is 209 Å². The van der Waals surface area contributed by atoms with Crippen LogP contribution in [0.15, 0.2) is 66.3 Å². The predicted octanol–water partition coefficient (Wildman–Crippen LogP) is 5.28. The van der Waals surface area contributed by atoms with E-state index in [0.717, 1.165) is 11.3 Å². The van der Waals surface area contributed by atoms with Crippen molar-refractivity contribution in [3.05, 3.63) is 83.2 Å². The highest BCUT2D eigenvalue weighted by molar-refractivity contribution is 7.99. The van der Waals surface area contributed by atoms with E-state index in [1.54, 1.807) is 30.3 Å². The molecule has 3 rings (SSSR count). The van der Waals surface area contributed by atoms with E-state index >= 15 is 0 Å². The zero-order chi connectivity index (χ0) is 24.7. The quantitative estimate of drug-likeness (QED) is 0.293. The lowest BCUT2D eigenvalue weighted by Crippen LogP contribution is -2.34. The van der Waals surface area contributed by atoms with Crippen LogP contribution in [0.5, 0.6) is 0 Å². The number of carbonyl (C=O) groups is 2. The number of hydrogen-bond donors (Lipinski definition) is 2. The molecule has 0 aliphatic heterocycles. The van der Waals surface area contributed by atoms with Crippen LogP contribution in [0.2, 0.25) is 5.02 Å². The summed E-state index contributed by atoms with van der Waals surface area (Å²) in [5, 5.41) is 15.6. The molecule has 1 atom stereocenters. The van der Waals surface area contributed by atoms with Crippen molar-refractivity contribution in [2.45, 2.75) is 38.5 Å². The van der Waals surface area contributed by atoms with Crippen LogP contribution in [0.1, 0.15) is 41.6 Å². The monoisotopic (exact) mass is 497 g/mol. The van der Waals surface area contributed by atoms with Gasteiger partial charge in [-0.05, 0) is 36.6 Å². The molecule has 1 heterocycles. The number of allylic oxidation sites excluding steroid dienone is 1. The molecule has 34 heavy (non-hydrogen) atoms. The highest BCUT2D eigenvalue weighted by Gasteiger charge is 2.27. The minimum absolute atomic E-state index is 0.0291. The standard InChI is InChI=1S/C25H28ClN5O2S/c1-5-14-31-23(22(16(2)3)28-24(33)18-11-7-8-12-19(18)26)29-30-25(31)34-15-21(32)27-20-13-9-6-10-17(20)4/h5-13,16,22H,1,14-15H2,2-4H3,(H,27,32)(H,28,33)/t22-/m1/s1. The van der Waals surface area contributed by atoms with Crippen LogP contribution >= 0.6 is 23.4 Å². The number of thioether (sulfide) groups is 1. The van der Waals surface area contributed by atoms with Gasteiger partial charge in [-0.2, -0.15) is 0 Å². The molecule has 3 aromatic rings. The molecule has 7 nitrogen and oxygen atoms in total. The number of halogens is 1. The molecule has 0 bridgehead atoms. The first kappa shape index (κ1) is 25.5. The van der Waals surface area contributed by atoms with Crippen molar-refractivity contribution in [1.29, 1.82) is 0 Å². The first-order chi connectivity index (χ1) is 16.3. The van der Waals surface area contributed by atoms with E-state index in [0.29, 0.717) is 28.1 Å². The molecule has 0 saturated carbocycles. The fourth-order valence-electron chi connectivity index (χ4n) is 3.36. The predicted molar refractivity (Wildman–Crippen MR) is 137 cm³/mol. The van der Waals surface area contributed by atoms with Crippen LogP contribution in [0.4, 0.5) is 5.69 Å². The normalized spacial score (nSPS) is 11.8. The molecule has 0 aliphatic carbocycles. The molecule has 0 spiro atoms. The van der Waals surface area contributed by atoms with E-state index in [-0.39, 0.29) is 23.5 Å². The lowest BCUT2D eigenvalue weighted by Gasteiger charge is -2.23. The molecule has 0 radical (unpaired) electrons. The number of nitrogens with one attached hydrogen (secondary N) is 2. The van der Waals surface area contributed by atoms with Gasteiger partial charge in [-0.15, -0.1) is 16.8 Å². The Bertz CT molecular complexity index is 1180. The topological polar surface area (TPSA) is 88.9 Å². The summed E-state index contributed by atoms with van der Waals surface area (Å²) < 4.78 is 1.87. The zero-order valence-electron chi connectivity index (χ0n) is 19.4. The Kier molecular flexibility index (Phi) is 8.90. The van der Waals surface area contributed by atoms with Crippen molar-refractivity contribution in [1.82, 2.24) is 20.1 Å². The number of rotatable bonds is 10. The number of para-hydroxylation sites is 1. The van der Waals surface area contributed by atoms with Gasteiger partial charge in [0.2, 0.25) is 5.91 Å². The van der Waals surface area contributed by atoms with Gasteiger partial charge in [0.1, 0.15) is 0 Å². The molecular weight excluding hydrogens is 470 g/mol. The summed E-state index contributed by atoms with van der Waals surface area (Å²) in [7, 11) is 0. The maximum Gasteiger partial charge on any atom is 0.253 e. The molecule has 2 amide bonds.